The van der Waals surface area contributed by atoms with Crippen LogP contribution in [0.25, 0.3) is 32.8 Å². The molecule has 0 spiro atoms. The topological polar surface area (TPSA) is 281 Å². The lowest BCUT2D eigenvalue weighted by molar-refractivity contribution is -0.143. The van der Waals surface area contributed by atoms with E-state index in [9.17, 15) is 28.8 Å². The Bertz CT molecular complexity index is 3550. The summed E-state index contributed by atoms with van der Waals surface area (Å²) in [5.41, 5.74) is 18.7. The molecule has 7 rings (SSSR count). The minimum absolute atomic E-state index is 0.0463. The van der Waals surface area contributed by atoms with Crippen LogP contribution in [-0.2, 0) is 51.5 Å². The molecule has 6 amide bonds. The fourth-order valence-corrected chi connectivity index (χ4v) is 11.6. The SMILES string of the molecule is C=CCCC(NC(=O)CN1C(=O)CC(C(C)C)C1=O)C(=O)N[C@@H](C)C(=C)CCCCCc1cc(C(N)=O)cc2nc(NC(=O)c3sc(C)nc3CC)n(C/C=C/Cn3/c(=N/C(=C)c4oc(C)nc4CC)sc4cc(C(=C)N)cnc43)c12. The smallest absolute Gasteiger partial charge is 0.269 e. The molecule has 3 atom stereocenters. The van der Waals surface area contributed by atoms with E-state index in [4.69, 9.17) is 30.8 Å². The van der Waals surface area contributed by atoms with Gasteiger partial charge in [0.05, 0.1) is 32.1 Å². The number of aryl methyl sites for hydroxylation is 5. The quantitative estimate of drug-likeness (QED) is 0.0176. The first-order valence-electron chi connectivity index (χ1n) is 27.2. The van der Waals surface area contributed by atoms with Gasteiger partial charge in [-0.3, -0.25) is 43.6 Å². The number of hydrogen-bond donors (Lipinski definition) is 5. The van der Waals surface area contributed by atoms with Crippen molar-refractivity contribution in [1.82, 2.24) is 44.6 Å². The number of carbonyl (C=O) groups is 6. The van der Waals surface area contributed by atoms with Crippen molar-refractivity contribution in [2.24, 2.45) is 28.3 Å². The number of unbranched alkanes of at least 4 members (excludes halogenated alkanes) is 2. The summed E-state index contributed by atoms with van der Waals surface area (Å²) in [6.07, 6.45) is 12.6. The molecule has 0 radical (unpaired) electrons. The van der Waals surface area contributed by atoms with Crippen molar-refractivity contribution in [1.29, 1.82) is 0 Å². The molecule has 6 aromatic rings. The maximum atomic E-state index is 14.1. The van der Waals surface area contributed by atoms with Crippen LogP contribution in [0.15, 0.2) is 83.9 Å². The maximum Gasteiger partial charge on any atom is 0.269 e. The van der Waals surface area contributed by atoms with Crippen molar-refractivity contribution in [2.75, 3.05) is 11.9 Å². The maximum absolute atomic E-state index is 14.1. The molecule has 22 heteroatoms. The number of hydrogen-bond acceptors (Lipinski definition) is 15. The van der Waals surface area contributed by atoms with Crippen molar-refractivity contribution in [2.45, 2.75) is 138 Å². The number of pyridine rings is 1. The number of thiazole rings is 2. The Morgan fingerprint density at radius 2 is 1.64 bits per heavy atom. The van der Waals surface area contributed by atoms with Crippen LogP contribution in [0.3, 0.4) is 0 Å². The summed E-state index contributed by atoms with van der Waals surface area (Å²) in [7, 11) is 0. The molecule has 20 nitrogen and oxygen atoms in total. The molecular formula is C59H73N13O7S2. The number of nitrogens with zero attached hydrogens (tertiary/aromatic N) is 8. The number of aromatic nitrogens is 6. The number of carbonyl (C=O) groups excluding carboxylic acids is 6. The van der Waals surface area contributed by atoms with Crippen LogP contribution in [-0.4, -0.2) is 88.0 Å². The van der Waals surface area contributed by atoms with Gasteiger partial charge in [0.2, 0.25) is 35.5 Å². The number of imidazole rings is 1. The lowest BCUT2D eigenvalue weighted by Crippen LogP contribution is -2.52. The first-order chi connectivity index (χ1) is 38.6. The lowest BCUT2D eigenvalue weighted by atomic mass is 9.94. The fourth-order valence-electron chi connectivity index (χ4n) is 9.66. The second-order valence-corrected chi connectivity index (χ2v) is 22.7. The number of nitrogens with one attached hydrogen (secondary N) is 3. The Balaban J connectivity index is 1.09. The molecule has 2 unspecified atom stereocenters. The van der Waals surface area contributed by atoms with Gasteiger partial charge in [-0.2, -0.15) is 0 Å². The van der Waals surface area contributed by atoms with Gasteiger partial charge in [0.15, 0.2) is 22.1 Å². The van der Waals surface area contributed by atoms with Gasteiger partial charge < -0.3 is 31.1 Å². The number of allylic oxidation sites excluding steroid dienone is 3. The standard InChI is InChI=1S/C59H73N13O7S2/c1-12-15-23-45(67-48(73)31-72-49(74)29-42(32(4)5)57(72)78)55(76)63-35(8)33(6)21-17-16-18-22-39-26-40(53(61)75)27-46-50(39)70(58(68-46)69-56(77)52-44(14-3)66-38(11)80-52)24-19-20-25-71-54-47(28-41(30-62-54)34(7)60)81-59(71)64-36(9)51-43(13-2)65-37(10)79-51/h12,19-20,26-28,30,32,35,42,45H,1,6-7,9,13-18,21-25,29,31,60H2,2-5,8,10-11H3,(H2,61,75)(H,63,76)(H,67,73)(H,68,69,77)/b20-19+,64-59-/t35-,42?,45?/m0/s1. The van der Waals surface area contributed by atoms with E-state index in [0.717, 1.165) is 49.8 Å². The Kier molecular flexibility index (Phi) is 20.1. The van der Waals surface area contributed by atoms with E-state index in [1.807, 2.05) is 68.9 Å². The van der Waals surface area contributed by atoms with Crippen molar-refractivity contribution in [3.8, 4) is 0 Å². The number of primary amides is 1. The predicted octanol–water partition coefficient (Wildman–Crippen LogP) is 8.39. The number of nitrogens with two attached hydrogens (primary N) is 2. The van der Waals surface area contributed by atoms with Crippen LogP contribution in [0.4, 0.5) is 5.95 Å². The fraction of sp³-hybridized carbons (Fsp3) is 0.407. The third kappa shape index (κ3) is 14.4. The average molecular weight is 1140 g/mol. The number of amides is 6. The highest BCUT2D eigenvalue weighted by Crippen LogP contribution is 2.30. The van der Waals surface area contributed by atoms with E-state index in [1.165, 1.54) is 22.7 Å². The summed E-state index contributed by atoms with van der Waals surface area (Å²) in [4.78, 5) is 105. The highest BCUT2D eigenvalue weighted by atomic mass is 32.1. The van der Waals surface area contributed by atoms with E-state index in [0.29, 0.717) is 100 Å². The summed E-state index contributed by atoms with van der Waals surface area (Å²) in [6, 6.07) is 3.99. The molecule has 0 saturated carbocycles. The van der Waals surface area contributed by atoms with Gasteiger partial charge in [0.1, 0.15) is 23.2 Å². The van der Waals surface area contributed by atoms with Crippen molar-refractivity contribution < 1.29 is 33.2 Å². The van der Waals surface area contributed by atoms with E-state index in [2.05, 4.69) is 52.2 Å². The number of oxazole rings is 1. The van der Waals surface area contributed by atoms with Crippen molar-refractivity contribution in [3.63, 3.8) is 0 Å². The van der Waals surface area contributed by atoms with Crippen LogP contribution in [0.1, 0.15) is 139 Å². The molecular weight excluding hydrogens is 1070 g/mol. The Labute approximate surface area is 479 Å². The summed E-state index contributed by atoms with van der Waals surface area (Å²) < 4.78 is 10.7. The van der Waals surface area contributed by atoms with Crippen molar-refractivity contribution >= 4 is 96.8 Å². The summed E-state index contributed by atoms with van der Waals surface area (Å²) in [6.45, 7) is 29.5. The minimum Gasteiger partial charge on any atom is -0.439 e. The third-order valence-electron chi connectivity index (χ3n) is 14.2. The molecule has 1 fully saturated rings. The summed E-state index contributed by atoms with van der Waals surface area (Å²) in [5, 5.41) is 9.54. The molecule has 1 saturated heterocycles. The number of anilines is 1. The number of rotatable bonds is 28. The molecule has 0 aliphatic carbocycles. The average Bonchev–Trinajstić information content (AvgIpc) is 4.21. The Hall–Kier alpha value is -8.11. The molecule has 6 heterocycles. The highest BCUT2D eigenvalue weighted by Gasteiger charge is 2.41. The molecule has 5 aromatic heterocycles. The van der Waals surface area contributed by atoms with Crippen LogP contribution in [0.2, 0.25) is 0 Å². The molecule has 1 aliphatic heterocycles. The predicted molar refractivity (Wildman–Crippen MR) is 318 cm³/mol. The second kappa shape index (κ2) is 26.9. The third-order valence-corrected chi connectivity index (χ3v) is 16.2. The number of likely N-dealkylation sites (tertiary alicyclic amines) is 1. The van der Waals surface area contributed by atoms with E-state index < -0.39 is 48.2 Å². The minimum atomic E-state index is -0.926. The monoisotopic (exact) mass is 1140 g/mol. The van der Waals surface area contributed by atoms with E-state index in [1.54, 1.807) is 31.3 Å². The zero-order chi connectivity index (χ0) is 58.8. The van der Waals surface area contributed by atoms with Gasteiger partial charge >= 0.3 is 0 Å². The van der Waals surface area contributed by atoms with E-state index in [-0.39, 0.29) is 48.6 Å². The van der Waals surface area contributed by atoms with Gasteiger partial charge in [-0.25, -0.2) is 24.9 Å². The van der Waals surface area contributed by atoms with Crippen molar-refractivity contribution in [3.05, 3.63) is 129 Å². The number of imide groups is 1. The Morgan fingerprint density at radius 3 is 2.31 bits per heavy atom. The molecule has 0 bridgehead atoms. The molecule has 7 N–H and O–H groups in total. The van der Waals surface area contributed by atoms with Gasteiger partial charge in [0, 0.05) is 61.4 Å². The number of benzene rings is 1. The molecule has 1 aromatic carbocycles. The highest BCUT2D eigenvalue weighted by molar-refractivity contribution is 7.16. The van der Waals surface area contributed by atoms with Crippen LogP contribution >= 0.6 is 22.7 Å². The molecule has 81 heavy (non-hydrogen) atoms. The van der Waals surface area contributed by atoms with Gasteiger partial charge in [0.25, 0.3) is 5.91 Å². The normalized spacial score (nSPS) is 14.6. The largest absolute Gasteiger partial charge is 0.439 e. The van der Waals surface area contributed by atoms with Crippen LogP contribution in [0.5, 0.6) is 0 Å². The van der Waals surface area contributed by atoms with E-state index >= 15 is 0 Å². The second-order valence-electron chi connectivity index (χ2n) is 20.5. The lowest BCUT2D eigenvalue weighted by Gasteiger charge is -2.23. The van der Waals surface area contributed by atoms with Gasteiger partial charge in [-0.1, -0.05) is 89.0 Å². The number of fused-ring (bicyclic) bond motifs is 2. The molecule has 428 valence electrons. The molecule has 1 aliphatic rings. The van der Waals surface area contributed by atoms with Gasteiger partial charge in [-0.15, -0.1) is 17.9 Å². The van der Waals surface area contributed by atoms with Crippen LogP contribution < -0.4 is 32.2 Å². The summed E-state index contributed by atoms with van der Waals surface area (Å²) in [5.74, 6) is -1.98. The first-order valence-corrected chi connectivity index (χ1v) is 28.9. The zero-order valence-corrected chi connectivity index (χ0v) is 48.9. The summed E-state index contributed by atoms with van der Waals surface area (Å²) >= 11 is 2.73. The zero-order valence-electron chi connectivity index (χ0n) is 47.3. The van der Waals surface area contributed by atoms with Gasteiger partial charge in [-0.05, 0) is 94.9 Å². The van der Waals surface area contributed by atoms with Crippen LogP contribution in [0, 0.1) is 25.7 Å². The first kappa shape index (κ1) is 60.5. The Morgan fingerprint density at radius 1 is 0.914 bits per heavy atom.